The minimum absolute atomic E-state index is 0.0846. The Balaban J connectivity index is 2.28. The van der Waals surface area contributed by atoms with Crippen molar-refractivity contribution in [3.63, 3.8) is 0 Å². The lowest BCUT2D eigenvalue weighted by atomic mass is 10.2. The van der Waals surface area contributed by atoms with Crippen LogP contribution in [0.4, 0.5) is 13.2 Å². The molecule has 0 saturated heterocycles. The van der Waals surface area contributed by atoms with Crippen LogP contribution in [0.1, 0.15) is 5.56 Å². The van der Waals surface area contributed by atoms with Gasteiger partial charge in [-0.15, -0.1) is 0 Å². The third-order valence-corrected chi connectivity index (χ3v) is 3.32. The van der Waals surface area contributed by atoms with Gasteiger partial charge in [-0.1, -0.05) is 17.8 Å². The summed E-state index contributed by atoms with van der Waals surface area (Å²) < 4.78 is 43.8. The van der Waals surface area contributed by atoms with Crippen LogP contribution in [-0.4, -0.2) is 16.2 Å². The van der Waals surface area contributed by atoms with Gasteiger partial charge in [0.2, 0.25) is 5.88 Å². The zero-order valence-corrected chi connectivity index (χ0v) is 13.1. The Morgan fingerprint density at radius 3 is 2.60 bits per heavy atom. The summed E-state index contributed by atoms with van der Waals surface area (Å²) in [4.78, 5) is 8.21. The second-order valence-corrected chi connectivity index (χ2v) is 5.52. The number of nitrogens with zero attached hydrogens (tertiary/aromatic N) is 2. The van der Waals surface area contributed by atoms with E-state index in [1.807, 2.05) is 22.6 Å². The fourth-order valence-corrected chi connectivity index (χ4v) is 2.41. The molecule has 0 radical (unpaired) electrons. The van der Waals surface area contributed by atoms with E-state index in [-0.39, 0.29) is 11.6 Å². The number of aromatic nitrogens is 2. The van der Waals surface area contributed by atoms with E-state index < -0.39 is 11.7 Å². The Morgan fingerprint density at radius 2 is 1.95 bits per heavy atom. The molecule has 2 rings (SSSR count). The molecule has 0 amide bonds. The first-order valence-electron chi connectivity index (χ1n) is 5.32. The number of rotatable bonds is 3. The summed E-state index contributed by atoms with van der Waals surface area (Å²) in [5.74, 6) is 0.300. The summed E-state index contributed by atoms with van der Waals surface area (Å²) in [5, 5.41) is 0.499. The molecule has 8 heteroatoms. The lowest BCUT2D eigenvalue weighted by Crippen LogP contribution is -2.04. The van der Waals surface area contributed by atoms with Gasteiger partial charge in [0.25, 0.3) is 0 Å². The van der Waals surface area contributed by atoms with Gasteiger partial charge in [0.1, 0.15) is 9.45 Å². The third-order valence-electron chi connectivity index (χ3n) is 2.22. The van der Waals surface area contributed by atoms with Gasteiger partial charge in [-0.3, -0.25) is 0 Å². The average molecular weight is 412 g/mol. The minimum atomic E-state index is -4.40. The predicted molar refractivity (Wildman–Crippen MR) is 78.0 cm³/mol. The monoisotopic (exact) mass is 412 g/mol. The molecule has 2 aromatic rings. The number of hydrogen-bond donors (Lipinski definition) is 0. The lowest BCUT2D eigenvalue weighted by molar-refractivity contribution is -0.137. The molecule has 106 valence electrons. The predicted octanol–water partition coefficient (Wildman–Crippen LogP) is 4.61. The van der Waals surface area contributed by atoms with E-state index in [1.165, 1.54) is 23.9 Å². The lowest BCUT2D eigenvalue weighted by Gasteiger charge is -2.10. The first kappa shape index (κ1) is 15.4. The van der Waals surface area contributed by atoms with Crippen molar-refractivity contribution in [2.24, 2.45) is 0 Å². The van der Waals surface area contributed by atoms with Crippen molar-refractivity contribution in [3.8, 4) is 11.6 Å². The van der Waals surface area contributed by atoms with Gasteiger partial charge in [0.05, 0.1) is 5.56 Å². The molecule has 0 unspecified atom stereocenters. The summed E-state index contributed by atoms with van der Waals surface area (Å²) in [5.41, 5.74) is -0.760. The molecule has 0 N–H and O–H groups in total. The van der Waals surface area contributed by atoms with Crippen LogP contribution < -0.4 is 4.74 Å². The van der Waals surface area contributed by atoms with Crippen molar-refractivity contribution in [1.29, 1.82) is 0 Å². The Hall–Kier alpha value is -1.03. The number of thioether (sulfide) groups is 1. The summed E-state index contributed by atoms with van der Waals surface area (Å²) in [7, 11) is 0. The van der Waals surface area contributed by atoms with Crippen molar-refractivity contribution in [2.45, 2.75) is 11.3 Å². The number of ether oxygens (including phenoxy) is 1. The van der Waals surface area contributed by atoms with Gasteiger partial charge in [0.15, 0.2) is 5.16 Å². The second-order valence-electron chi connectivity index (χ2n) is 3.64. The van der Waals surface area contributed by atoms with Gasteiger partial charge in [-0.05, 0) is 47.0 Å². The molecule has 0 spiro atoms. The van der Waals surface area contributed by atoms with E-state index in [2.05, 4.69) is 9.97 Å². The van der Waals surface area contributed by atoms with Gasteiger partial charge in [-0.2, -0.15) is 18.2 Å². The van der Waals surface area contributed by atoms with Crippen LogP contribution in [0.25, 0.3) is 0 Å². The second kappa shape index (κ2) is 6.17. The Labute approximate surface area is 131 Å². The minimum Gasteiger partial charge on any atom is -0.439 e. The maximum absolute atomic E-state index is 12.6. The normalized spacial score (nSPS) is 11.4. The summed E-state index contributed by atoms with van der Waals surface area (Å²) in [6, 6.07) is 6.22. The van der Waals surface area contributed by atoms with Gasteiger partial charge >= 0.3 is 6.18 Å². The Bertz CT molecular complexity index is 622. The van der Waals surface area contributed by atoms with E-state index >= 15 is 0 Å². The van der Waals surface area contributed by atoms with E-state index in [1.54, 1.807) is 12.3 Å². The van der Waals surface area contributed by atoms with Crippen LogP contribution in [0.15, 0.2) is 35.5 Å². The first-order valence-corrected chi connectivity index (χ1v) is 7.62. The fraction of sp³-hybridized carbons (Fsp3) is 0.167. The molecule has 0 bridgehead atoms. The molecular formula is C12H8F3IN2OS. The number of alkyl halides is 3. The SMILES string of the molecule is CSc1nc(I)cc(Oc2cccc(C(F)(F)F)c2)n1. The highest BCUT2D eigenvalue weighted by molar-refractivity contribution is 14.1. The third kappa shape index (κ3) is 3.98. The molecule has 0 aliphatic rings. The van der Waals surface area contributed by atoms with Crippen molar-refractivity contribution in [1.82, 2.24) is 9.97 Å². The van der Waals surface area contributed by atoms with E-state index in [0.717, 1.165) is 12.1 Å². The van der Waals surface area contributed by atoms with E-state index in [4.69, 9.17) is 4.74 Å². The molecule has 1 aromatic heterocycles. The molecule has 0 aliphatic heterocycles. The van der Waals surface area contributed by atoms with Crippen molar-refractivity contribution in [2.75, 3.05) is 6.26 Å². The summed E-state index contributed by atoms with van der Waals surface area (Å²) >= 11 is 3.32. The molecule has 0 atom stereocenters. The standard InChI is InChI=1S/C12H8F3IN2OS/c1-20-11-17-9(16)6-10(18-11)19-8-4-2-3-7(5-8)12(13,14)15/h2-6H,1H3. The average Bonchev–Trinajstić information content (AvgIpc) is 2.37. The van der Waals surface area contributed by atoms with Crippen LogP contribution >= 0.6 is 34.4 Å². The maximum Gasteiger partial charge on any atom is 0.416 e. The molecule has 0 aliphatic carbocycles. The highest BCUT2D eigenvalue weighted by Gasteiger charge is 2.30. The Kier molecular flexibility index (Phi) is 4.74. The van der Waals surface area contributed by atoms with Crippen molar-refractivity contribution < 1.29 is 17.9 Å². The van der Waals surface area contributed by atoms with Crippen LogP contribution in [0.3, 0.4) is 0 Å². The molecule has 20 heavy (non-hydrogen) atoms. The zero-order chi connectivity index (χ0) is 14.8. The summed E-state index contributed by atoms with van der Waals surface area (Å²) in [6.07, 6.45) is -2.59. The van der Waals surface area contributed by atoms with E-state index in [9.17, 15) is 13.2 Å². The number of hydrogen-bond acceptors (Lipinski definition) is 4. The summed E-state index contributed by atoms with van der Waals surface area (Å²) in [6.45, 7) is 0. The Morgan fingerprint density at radius 1 is 1.20 bits per heavy atom. The fourth-order valence-electron chi connectivity index (χ4n) is 1.38. The molecule has 1 heterocycles. The highest BCUT2D eigenvalue weighted by Crippen LogP contribution is 2.32. The van der Waals surface area contributed by atoms with Gasteiger partial charge in [-0.25, -0.2) is 4.98 Å². The van der Waals surface area contributed by atoms with Crippen LogP contribution in [-0.2, 0) is 6.18 Å². The number of benzene rings is 1. The van der Waals surface area contributed by atoms with Gasteiger partial charge < -0.3 is 4.74 Å². The van der Waals surface area contributed by atoms with Crippen LogP contribution in [0.2, 0.25) is 0 Å². The number of halogens is 4. The van der Waals surface area contributed by atoms with Crippen LogP contribution in [0.5, 0.6) is 11.6 Å². The first-order chi connectivity index (χ1) is 9.38. The quantitative estimate of drug-likeness (QED) is 0.319. The molecule has 0 fully saturated rings. The van der Waals surface area contributed by atoms with Crippen molar-refractivity contribution in [3.05, 3.63) is 39.6 Å². The van der Waals surface area contributed by atoms with E-state index in [0.29, 0.717) is 8.86 Å². The van der Waals surface area contributed by atoms with Crippen LogP contribution in [0, 0.1) is 3.70 Å². The largest absolute Gasteiger partial charge is 0.439 e. The molecular weight excluding hydrogens is 404 g/mol. The zero-order valence-electron chi connectivity index (χ0n) is 10.1. The highest BCUT2D eigenvalue weighted by atomic mass is 127. The topological polar surface area (TPSA) is 35.0 Å². The smallest absolute Gasteiger partial charge is 0.416 e. The van der Waals surface area contributed by atoms with Crippen molar-refractivity contribution >= 4 is 34.4 Å². The molecule has 3 nitrogen and oxygen atoms in total. The molecule has 0 saturated carbocycles. The van der Waals surface area contributed by atoms with Gasteiger partial charge in [0, 0.05) is 6.07 Å². The molecule has 1 aromatic carbocycles. The maximum atomic E-state index is 12.6.